The molecule has 5 nitrogen and oxygen atoms in total. The van der Waals surface area contributed by atoms with Crippen molar-refractivity contribution < 1.29 is 50.9 Å². The first kappa shape index (κ1) is 31.9. The largest absolute Gasteiger partial charge is 0.508 e. The molecule has 0 aliphatic carbocycles. The number of benzene rings is 2. The van der Waals surface area contributed by atoms with Gasteiger partial charge in [0.05, 0.1) is 6.61 Å². The molecular formula is C24H28F6O5. The molecule has 196 valence electrons. The van der Waals surface area contributed by atoms with Crippen LogP contribution in [0.15, 0.2) is 36.4 Å². The smallest absolute Gasteiger partial charge is 0.389 e. The number of hydrogen-bond acceptors (Lipinski definition) is 5. The Kier molecular flexibility index (Phi) is 14.4. The van der Waals surface area contributed by atoms with Gasteiger partial charge in [0.15, 0.2) is 0 Å². The van der Waals surface area contributed by atoms with Gasteiger partial charge in [0, 0.05) is 30.6 Å². The summed E-state index contributed by atoms with van der Waals surface area (Å²) in [6, 6.07) is 9.52. The predicted octanol–water partition coefficient (Wildman–Crippen LogP) is 6.36. The van der Waals surface area contributed by atoms with E-state index in [2.05, 4.69) is 0 Å². The number of alkyl halides is 6. The monoisotopic (exact) mass is 510 g/mol. The first-order valence-corrected chi connectivity index (χ1v) is 10.4. The summed E-state index contributed by atoms with van der Waals surface area (Å²) in [7, 11) is 0. The summed E-state index contributed by atoms with van der Waals surface area (Å²) >= 11 is 0. The number of rotatable bonds is 8. The number of phenols is 1. The van der Waals surface area contributed by atoms with Gasteiger partial charge in [-0.2, -0.15) is 26.3 Å². The maximum atomic E-state index is 11.9. The second-order valence-electron chi connectivity index (χ2n) is 7.32. The van der Waals surface area contributed by atoms with Gasteiger partial charge in [0.2, 0.25) is 0 Å². The first-order valence-electron chi connectivity index (χ1n) is 10.4. The molecule has 0 aromatic heterocycles. The molecule has 2 rings (SSSR count). The van der Waals surface area contributed by atoms with E-state index in [0.717, 1.165) is 17.4 Å². The van der Waals surface area contributed by atoms with Crippen LogP contribution in [0, 0.1) is 13.8 Å². The highest BCUT2D eigenvalue weighted by Gasteiger charge is 2.26. The van der Waals surface area contributed by atoms with Crippen molar-refractivity contribution in [2.75, 3.05) is 13.2 Å². The highest BCUT2D eigenvalue weighted by atomic mass is 19.4. The summed E-state index contributed by atoms with van der Waals surface area (Å²) in [6.07, 6.45) is -8.78. The molecule has 2 aromatic carbocycles. The third-order valence-corrected chi connectivity index (χ3v) is 4.17. The number of aliphatic hydroxyl groups excluding tert-OH is 1. The van der Waals surface area contributed by atoms with Gasteiger partial charge < -0.3 is 14.9 Å². The third-order valence-electron chi connectivity index (χ3n) is 4.17. The van der Waals surface area contributed by atoms with Crippen LogP contribution in [0.25, 0.3) is 0 Å². The molecule has 0 saturated heterocycles. The molecule has 0 heterocycles. The third kappa shape index (κ3) is 16.2. The van der Waals surface area contributed by atoms with Crippen molar-refractivity contribution in [3.63, 3.8) is 0 Å². The molecular weight excluding hydrogens is 482 g/mol. The Morgan fingerprint density at radius 1 is 0.800 bits per heavy atom. The van der Waals surface area contributed by atoms with E-state index in [0.29, 0.717) is 23.2 Å². The lowest BCUT2D eigenvalue weighted by molar-refractivity contribution is -0.137. The van der Waals surface area contributed by atoms with Crippen LogP contribution in [0.5, 0.6) is 11.5 Å². The SMILES string of the molecule is Cc1cc(C=O)ccc1O.Cc1cc(C=O)ccc1OCCCC(F)(F)F.OCCCC(F)(F)F. The summed E-state index contributed by atoms with van der Waals surface area (Å²) in [5, 5.41) is 17.0. The number of carbonyl (C=O) groups excluding carboxylic acids is 2. The molecule has 0 bridgehead atoms. The molecule has 2 aromatic rings. The fourth-order valence-electron chi connectivity index (χ4n) is 2.39. The summed E-state index contributed by atoms with van der Waals surface area (Å²) < 4.78 is 74.2. The highest BCUT2D eigenvalue weighted by molar-refractivity contribution is 5.76. The summed E-state index contributed by atoms with van der Waals surface area (Å²) in [5.74, 6) is 0.739. The Morgan fingerprint density at radius 3 is 1.69 bits per heavy atom. The van der Waals surface area contributed by atoms with E-state index >= 15 is 0 Å². The minimum Gasteiger partial charge on any atom is -0.508 e. The van der Waals surface area contributed by atoms with Crippen molar-refractivity contribution in [3.8, 4) is 11.5 Å². The Balaban J connectivity index is 0.000000545. The average molecular weight is 510 g/mol. The quantitative estimate of drug-likeness (QED) is 0.245. The number of carbonyl (C=O) groups is 2. The van der Waals surface area contributed by atoms with Crippen LogP contribution in [-0.4, -0.2) is 48.4 Å². The van der Waals surface area contributed by atoms with Crippen LogP contribution in [0.1, 0.15) is 57.5 Å². The first-order chi connectivity index (χ1) is 16.2. The zero-order valence-electron chi connectivity index (χ0n) is 19.2. The van der Waals surface area contributed by atoms with E-state index < -0.39 is 25.2 Å². The lowest BCUT2D eigenvalue weighted by Crippen LogP contribution is -2.10. The van der Waals surface area contributed by atoms with Gasteiger partial charge >= 0.3 is 12.4 Å². The standard InChI is InChI=1S/C12H13F3O2.C8H8O2.C4H7F3O/c1-9-7-10(8-16)3-4-11(9)17-6-2-5-12(13,14)15;1-6-4-7(5-9)2-3-8(6)10;5-4(6,7)2-1-3-8/h3-4,7-8H,2,5-6H2,1H3;2-5,10H,1H3;8H,1-3H2. The van der Waals surface area contributed by atoms with E-state index in [9.17, 15) is 35.9 Å². The fraction of sp³-hybridized carbons (Fsp3) is 0.417. The van der Waals surface area contributed by atoms with Gasteiger partial charge in [-0.05, 0) is 74.2 Å². The maximum Gasteiger partial charge on any atom is 0.389 e. The normalized spacial score (nSPS) is 10.9. The molecule has 11 heteroatoms. The molecule has 35 heavy (non-hydrogen) atoms. The second kappa shape index (κ2) is 15.8. The topological polar surface area (TPSA) is 83.8 Å². The van der Waals surface area contributed by atoms with Gasteiger partial charge in [0.1, 0.15) is 24.1 Å². The minimum atomic E-state index is -4.14. The number of hydrogen-bond donors (Lipinski definition) is 2. The number of phenolic OH excluding ortho intramolecular Hbond substituents is 1. The number of ether oxygens (including phenoxy) is 1. The number of aldehydes is 2. The summed E-state index contributed by atoms with van der Waals surface area (Å²) in [6.45, 7) is 3.12. The zero-order valence-corrected chi connectivity index (χ0v) is 19.2. The highest BCUT2D eigenvalue weighted by Crippen LogP contribution is 2.23. The van der Waals surface area contributed by atoms with Gasteiger partial charge in [-0.15, -0.1) is 0 Å². The summed E-state index contributed by atoms with van der Waals surface area (Å²) in [4.78, 5) is 20.7. The fourth-order valence-corrected chi connectivity index (χ4v) is 2.39. The van der Waals surface area contributed by atoms with E-state index in [1.165, 1.54) is 6.07 Å². The number of aryl methyl sites for hydroxylation is 2. The van der Waals surface area contributed by atoms with Crippen molar-refractivity contribution in [1.29, 1.82) is 0 Å². The zero-order chi connectivity index (χ0) is 27.1. The van der Waals surface area contributed by atoms with Crippen LogP contribution in [0.3, 0.4) is 0 Å². The minimum absolute atomic E-state index is 0.0147. The van der Waals surface area contributed by atoms with Crippen LogP contribution in [0.2, 0.25) is 0 Å². The van der Waals surface area contributed by atoms with Gasteiger partial charge in [-0.3, -0.25) is 9.59 Å². The Morgan fingerprint density at radius 2 is 1.29 bits per heavy atom. The van der Waals surface area contributed by atoms with Gasteiger partial charge in [0.25, 0.3) is 0 Å². The molecule has 0 unspecified atom stereocenters. The Labute approximate surface area is 199 Å². The van der Waals surface area contributed by atoms with E-state index in [1.807, 2.05) is 0 Å². The van der Waals surface area contributed by atoms with Crippen molar-refractivity contribution in [3.05, 3.63) is 58.7 Å². The lowest BCUT2D eigenvalue weighted by atomic mass is 10.1. The van der Waals surface area contributed by atoms with Gasteiger partial charge in [-0.1, -0.05) is 0 Å². The lowest BCUT2D eigenvalue weighted by Gasteiger charge is -2.10. The molecule has 0 fully saturated rings. The van der Waals surface area contributed by atoms with E-state index in [-0.39, 0.29) is 31.8 Å². The van der Waals surface area contributed by atoms with E-state index in [4.69, 9.17) is 14.9 Å². The van der Waals surface area contributed by atoms with Crippen molar-refractivity contribution >= 4 is 12.6 Å². The molecule has 0 aliphatic heterocycles. The van der Waals surface area contributed by atoms with Crippen LogP contribution >= 0.6 is 0 Å². The van der Waals surface area contributed by atoms with Crippen molar-refractivity contribution in [2.45, 2.75) is 51.9 Å². The number of aliphatic hydroxyl groups is 1. The predicted molar refractivity (Wildman–Crippen MR) is 118 cm³/mol. The molecule has 0 aliphatic rings. The molecule has 0 amide bonds. The summed E-state index contributed by atoms with van der Waals surface area (Å²) in [5.41, 5.74) is 2.58. The van der Waals surface area contributed by atoms with E-state index in [1.54, 1.807) is 44.2 Å². The number of halogens is 6. The Bertz CT molecular complexity index is 910. The van der Waals surface area contributed by atoms with Crippen LogP contribution in [-0.2, 0) is 0 Å². The molecule has 2 N–H and O–H groups in total. The van der Waals surface area contributed by atoms with Crippen LogP contribution < -0.4 is 4.74 Å². The molecule has 0 spiro atoms. The van der Waals surface area contributed by atoms with Crippen molar-refractivity contribution in [1.82, 2.24) is 0 Å². The van der Waals surface area contributed by atoms with Gasteiger partial charge in [-0.25, -0.2) is 0 Å². The number of aromatic hydroxyl groups is 1. The van der Waals surface area contributed by atoms with Crippen LogP contribution in [0.4, 0.5) is 26.3 Å². The Hall–Kier alpha value is -3.08. The molecule has 0 saturated carbocycles. The second-order valence-corrected chi connectivity index (χ2v) is 7.32. The molecule has 0 atom stereocenters. The van der Waals surface area contributed by atoms with Crippen molar-refractivity contribution in [2.24, 2.45) is 0 Å². The average Bonchev–Trinajstić information content (AvgIpc) is 2.77. The maximum absolute atomic E-state index is 11.9. The molecule has 0 radical (unpaired) electrons.